The molecular formula is C18H25N5O. The average Bonchev–Trinajstić information content (AvgIpc) is 3.15. The lowest BCUT2D eigenvalue weighted by Gasteiger charge is -2.34. The van der Waals surface area contributed by atoms with Gasteiger partial charge in [-0.05, 0) is 31.2 Å². The first-order chi connectivity index (χ1) is 11.8. The van der Waals surface area contributed by atoms with Crippen LogP contribution < -0.4 is 9.80 Å². The summed E-state index contributed by atoms with van der Waals surface area (Å²) in [5.74, 6) is 2.71. The van der Waals surface area contributed by atoms with E-state index in [1.807, 2.05) is 30.5 Å². The van der Waals surface area contributed by atoms with E-state index in [4.69, 9.17) is 4.42 Å². The lowest BCUT2D eigenvalue weighted by Crippen LogP contribution is -2.47. The summed E-state index contributed by atoms with van der Waals surface area (Å²) in [4.78, 5) is 15.9. The molecule has 0 N–H and O–H groups in total. The van der Waals surface area contributed by atoms with Crippen molar-refractivity contribution < 1.29 is 4.42 Å². The molecule has 3 rings (SSSR count). The van der Waals surface area contributed by atoms with E-state index < -0.39 is 0 Å². The third-order valence-electron chi connectivity index (χ3n) is 4.34. The highest BCUT2D eigenvalue weighted by atomic mass is 16.3. The maximum atomic E-state index is 5.30. The Bertz CT molecular complexity index is 647. The molecule has 0 bridgehead atoms. The van der Waals surface area contributed by atoms with E-state index in [0.717, 1.165) is 56.8 Å². The van der Waals surface area contributed by atoms with Gasteiger partial charge >= 0.3 is 0 Å². The van der Waals surface area contributed by atoms with Crippen LogP contribution in [0.2, 0.25) is 0 Å². The first kappa shape index (κ1) is 16.5. The minimum atomic E-state index is 0.832. The largest absolute Gasteiger partial charge is 0.465 e. The highest BCUT2D eigenvalue weighted by Gasteiger charge is 2.18. The monoisotopic (exact) mass is 327 g/mol. The van der Waals surface area contributed by atoms with E-state index >= 15 is 0 Å². The number of rotatable bonds is 6. The summed E-state index contributed by atoms with van der Waals surface area (Å²) in [6.45, 7) is 7.93. The molecule has 1 fully saturated rings. The molecule has 0 aromatic carbocycles. The standard InChI is InChI=1S/C18H25N5O/c1-3-21(2)17-8-9-19-18(20-17)23-13-11-22(12-14-23)10-4-6-16-7-5-15-24-16/h4-9,15H,3,10-14H2,1-2H3/b6-4+. The number of piperazine rings is 1. The van der Waals surface area contributed by atoms with Crippen LogP contribution in [-0.4, -0.2) is 61.2 Å². The summed E-state index contributed by atoms with van der Waals surface area (Å²) in [5, 5.41) is 0. The summed E-state index contributed by atoms with van der Waals surface area (Å²) in [7, 11) is 2.05. The molecule has 0 aliphatic carbocycles. The van der Waals surface area contributed by atoms with Gasteiger partial charge in [0.05, 0.1) is 6.26 Å². The van der Waals surface area contributed by atoms with Crippen LogP contribution in [0.5, 0.6) is 0 Å². The minimum absolute atomic E-state index is 0.832. The smallest absolute Gasteiger partial charge is 0.227 e. The molecule has 3 heterocycles. The molecule has 2 aromatic rings. The Hall–Kier alpha value is -2.34. The second-order valence-corrected chi connectivity index (χ2v) is 5.93. The fourth-order valence-corrected chi connectivity index (χ4v) is 2.70. The number of aromatic nitrogens is 2. The predicted octanol–water partition coefficient (Wildman–Crippen LogP) is 2.36. The van der Waals surface area contributed by atoms with Crippen LogP contribution in [0, 0.1) is 0 Å². The third-order valence-corrected chi connectivity index (χ3v) is 4.34. The topological polar surface area (TPSA) is 48.6 Å². The number of nitrogens with zero attached hydrogens (tertiary/aromatic N) is 5. The Morgan fingerprint density at radius 3 is 2.79 bits per heavy atom. The molecule has 0 radical (unpaired) electrons. The molecule has 128 valence electrons. The molecule has 1 saturated heterocycles. The van der Waals surface area contributed by atoms with Crippen LogP contribution in [0.25, 0.3) is 6.08 Å². The summed E-state index contributed by atoms with van der Waals surface area (Å²) in [5.41, 5.74) is 0. The van der Waals surface area contributed by atoms with Crippen molar-refractivity contribution in [2.24, 2.45) is 0 Å². The van der Waals surface area contributed by atoms with E-state index in [9.17, 15) is 0 Å². The zero-order chi connectivity index (χ0) is 16.8. The lowest BCUT2D eigenvalue weighted by molar-refractivity contribution is 0.283. The molecule has 2 aromatic heterocycles. The van der Waals surface area contributed by atoms with Gasteiger partial charge < -0.3 is 14.2 Å². The van der Waals surface area contributed by atoms with Gasteiger partial charge in [-0.2, -0.15) is 4.98 Å². The third kappa shape index (κ3) is 4.14. The summed E-state index contributed by atoms with van der Waals surface area (Å²) in [6, 6.07) is 5.83. The molecule has 6 heteroatoms. The number of anilines is 2. The van der Waals surface area contributed by atoms with Gasteiger partial charge in [0.15, 0.2) is 0 Å². The highest BCUT2D eigenvalue weighted by molar-refractivity contribution is 5.44. The van der Waals surface area contributed by atoms with Gasteiger partial charge in [-0.3, -0.25) is 4.90 Å². The molecule has 1 aliphatic rings. The fourth-order valence-electron chi connectivity index (χ4n) is 2.70. The maximum absolute atomic E-state index is 5.30. The quantitative estimate of drug-likeness (QED) is 0.812. The predicted molar refractivity (Wildman–Crippen MR) is 97.4 cm³/mol. The SMILES string of the molecule is CCN(C)c1ccnc(N2CCN(C/C=C/c3ccco3)CC2)n1. The fraction of sp³-hybridized carbons (Fsp3) is 0.444. The highest BCUT2D eigenvalue weighted by Crippen LogP contribution is 2.15. The molecule has 0 saturated carbocycles. The lowest BCUT2D eigenvalue weighted by atomic mass is 10.3. The number of hydrogen-bond acceptors (Lipinski definition) is 6. The Balaban J connectivity index is 1.51. The Kier molecular flexibility index (Phi) is 5.48. The second-order valence-electron chi connectivity index (χ2n) is 5.93. The Morgan fingerprint density at radius 2 is 2.08 bits per heavy atom. The molecule has 0 atom stereocenters. The minimum Gasteiger partial charge on any atom is -0.465 e. The van der Waals surface area contributed by atoms with Gasteiger partial charge in [-0.1, -0.05) is 6.08 Å². The normalized spacial score (nSPS) is 16.0. The first-order valence-corrected chi connectivity index (χ1v) is 8.48. The molecule has 1 aliphatic heterocycles. The van der Waals surface area contributed by atoms with Crippen molar-refractivity contribution in [3.63, 3.8) is 0 Å². The number of hydrogen-bond donors (Lipinski definition) is 0. The van der Waals surface area contributed by atoms with Crippen LogP contribution in [0.4, 0.5) is 11.8 Å². The Morgan fingerprint density at radius 1 is 1.25 bits per heavy atom. The summed E-state index contributed by atoms with van der Waals surface area (Å²) < 4.78 is 5.30. The summed E-state index contributed by atoms with van der Waals surface area (Å²) in [6.07, 6.45) is 7.73. The molecule has 0 spiro atoms. The van der Waals surface area contributed by atoms with Gasteiger partial charge in [0.2, 0.25) is 5.95 Å². The van der Waals surface area contributed by atoms with E-state index in [0.29, 0.717) is 0 Å². The first-order valence-electron chi connectivity index (χ1n) is 8.48. The van der Waals surface area contributed by atoms with Crippen molar-refractivity contribution >= 4 is 17.8 Å². The second kappa shape index (κ2) is 7.97. The van der Waals surface area contributed by atoms with Crippen molar-refractivity contribution in [2.75, 3.05) is 56.1 Å². The molecule has 0 amide bonds. The molecule has 0 unspecified atom stereocenters. The average molecular weight is 327 g/mol. The van der Waals surface area contributed by atoms with Crippen LogP contribution in [-0.2, 0) is 0 Å². The zero-order valence-corrected chi connectivity index (χ0v) is 14.4. The Labute approximate surface area is 143 Å². The van der Waals surface area contributed by atoms with E-state index in [2.05, 4.69) is 44.7 Å². The van der Waals surface area contributed by atoms with Crippen molar-refractivity contribution in [1.29, 1.82) is 0 Å². The van der Waals surface area contributed by atoms with E-state index in [1.165, 1.54) is 0 Å². The van der Waals surface area contributed by atoms with Crippen molar-refractivity contribution in [1.82, 2.24) is 14.9 Å². The zero-order valence-electron chi connectivity index (χ0n) is 14.4. The van der Waals surface area contributed by atoms with Gasteiger partial charge in [0.1, 0.15) is 11.6 Å². The van der Waals surface area contributed by atoms with Crippen molar-refractivity contribution in [2.45, 2.75) is 6.92 Å². The van der Waals surface area contributed by atoms with Crippen LogP contribution in [0.15, 0.2) is 41.2 Å². The maximum Gasteiger partial charge on any atom is 0.227 e. The molecule has 6 nitrogen and oxygen atoms in total. The van der Waals surface area contributed by atoms with Crippen molar-refractivity contribution in [3.05, 3.63) is 42.5 Å². The van der Waals surface area contributed by atoms with Crippen LogP contribution in [0.1, 0.15) is 12.7 Å². The summed E-state index contributed by atoms with van der Waals surface area (Å²) >= 11 is 0. The van der Waals surface area contributed by atoms with Gasteiger partial charge in [0, 0.05) is 52.5 Å². The van der Waals surface area contributed by atoms with Crippen LogP contribution in [0.3, 0.4) is 0 Å². The number of furan rings is 1. The van der Waals surface area contributed by atoms with E-state index in [1.54, 1.807) is 6.26 Å². The van der Waals surface area contributed by atoms with Crippen LogP contribution >= 0.6 is 0 Å². The van der Waals surface area contributed by atoms with E-state index in [-0.39, 0.29) is 0 Å². The molecular weight excluding hydrogens is 302 g/mol. The van der Waals surface area contributed by atoms with Gasteiger partial charge in [-0.15, -0.1) is 0 Å². The van der Waals surface area contributed by atoms with Gasteiger partial charge in [-0.25, -0.2) is 4.98 Å². The molecule has 24 heavy (non-hydrogen) atoms. The van der Waals surface area contributed by atoms with Crippen molar-refractivity contribution in [3.8, 4) is 0 Å². The van der Waals surface area contributed by atoms with Gasteiger partial charge in [0.25, 0.3) is 0 Å².